The molecule has 0 spiro atoms. The van der Waals surface area contributed by atoms with Crippen LogP contribution in [0.25, 0.3) is 0 Å². The Morgan fingerprint density at radius 3 is 1.63 bits per heavy atom. The highest BCUT2D eigenvalue weighted by atomic mass is 32.1. The Balaban J connectivity index is 1.16. The Hall–Kier alpha value is -3.64. The van der Waals surface area contributed by atoms with Gasteiger partial charge in [0.1, 0.15) is 21.6 Å². The molecule has 1 aliphatic rings. The summed E-state index contributed by atoms with van der Waals surface area (Å²) in [5, 5.41) is 24.7. The molecule has 196 valence electrons. The number of amides is 2. The Morgan fingerprint density at radius 1 is 0.737 bits per heavy atom. The number of halogens is 2. The van der Waals surface area contributed by atoms with E-state index in [2.05, 4.69) is 31.0 Å². The Bertz CT molecular complexity index is 1340. The van der Waals surface area contributed by atoms with Gasteiger partial charge >= 0.3 is 0 Å². The van der Waals surface area contributed by atoms with Crippen LogP contribution in [0.5, 0.6) is 0 Å². The van der Waals surface area contributed by atoms with Gasteiger partial charge in [-0.05, 0) is 42.5 Å². The number of aromatic nitrogens is 4. The summed E-state index contributed by atoms with van der Waals surface area (Å²) in [7, 11) is 0. The summed E-state index contributed by atoms with van der Waals surface area (Å²) in [5.74, 6) is -1.22. The SMILES string of the molecule is O=C(Cc1ccccc1F)Nc1nnc(C2CCCC(c3nnc(NC(=O)Cc4ccccc4F)s3)C2)s1. The second-order valence-electron chi connectivity index (χ2n) is 9.08. The molecule has 2 aromatic heterocycles. The van der Waals surface area contributed by atoms with E-state index in [1.807, 2.05) is 0 Å². The third-order valence-electron chi connectivity index (χ3n) is 6.36. The van der Waals surface area contributed by atoms with Crippen LogP contribution < -0.4 is 10.6 Å². The molecule has 38 heavy (non-hydrogen) atoms. The fourth-order valence-corrected chi connectivity index (χ4v) is 6.31. The number of nitrogens with zero attached hydrogens (tertiary/aromatic N) is 4. The van der Waals surface area contributed by atoms with Gasteiger partial charge in [0.2, 0.25) is 22.1 Å². The molecule has 0 radical (unpaired) electrons. The fourth-order valence-electron chi connectivity index (χ4n) is 4.49. The lowest BCUT2D eigenvalue weighted by molar-refractivity contribution is -0.116. The second kappa shape index (κ2) is 11.8. The maximum absolute atomic E-state index is 13.8. The van der Waals surface area contributed by atoms with E-state index in [0.717, 1.165) is 35.7 Å². The number of anilines is 2. The molecule has 12 heteroatoms. The van der Waals surface area contributed by atoms with Crippen molar-refractivity contribution < 1.29 is 18.4 Å². The molecule has 2 unspecified atom stereocenters. The maximum Gasteiger partial charge on any atom is 0.230 e. The lowest BCUT2D eigenvalue weighted by Gasteiger charge is -2.25. The number of hydrogen-bond donors (Lipinski definition) is 2. The van der Waals surface area contributed by atoms with Gasteiger partial charge in [0.25, 0.3) is 0 Å². The molecular weight excluding hydrogens is 530 g/mol. The van der Waals surface area contributed by atoms with Gasteiger partial charge in [-0.2, -0.15) is 0 Å². The second-order valence-corrected chi connectivity index (χ2v) is 11.1. The van der Waals surface area contributed by atoms with E-state index in [0.29, 0.717) is 21.4 Å². The van der Waals surface area contributed by atoms with Crippen LogP contribution in [0.3, 0.4) is 0 Å². The first-order valence-electron chi connectivity index (χ1n) is 12.2. The van der Waals surface area contributed by atoms with Gasteiger partial charge in [0.05, 0.1) is 12.8 Å². The molecule has 0 bridgehead atoms. The normalized spacial score (nSPS) is 17.2. The maximum atomic E-state index is 13.8. The minimum Gasteiger partial charge on any atom is -0.300 e. The van der Waals surface area contributed by atoms with Gasteiger partial charge in [-0.1, -0.05) is 65.5 Å². The molecule has 8 nitrogen and oxygen atoms in total. The van der Waals surface area contributed by atoms with Crippen molar-refractivity contribution >= 4 is 44.8 Å². The molecule has 0 saturated heterocycles. The molecule has 2 N–H and O–H groups in total. The van der Waals surface area contributed by atoms with E-state index in [1.165, 1.54) is 34.8 Å². The number of nitrogens with one attached hydrogen (secondary N) is 2. The predicted molar refractivity (Wildman–Crippen MR) is 141 cm³/mol. The Labute approximate surface area is 225 Å². The minimum atomic E-state index is -0.418. The van der Waals surface area contributed by atoms with Gasteiger partial charge in [0.15, 0.2) is 0 Å². The van der Waals surface area contributed by atoms with Crippen molar-refractivity contribution in [3.05, 3.63) is 81.3 Å². The average molecular weight is 555 g/mol. The van der Waals surface area contributed by atoms with Crippen LogP contribution in [0, 0.1) is 11.6 Å². The molecule has 5 rings (SSSR count). The van der Waals surface area contributed by atoms with Gasteiger partial charge in [-0.25, -0.2) is 8.78 Å². The van der Waals surface area contributed by atoms with Crippen molar-refractivity contribution in [1.82, 2.24) is 20.4 Å². The summed E-state index contributed by atoms with van der Waals surface area (Å²) in [6.45, 7) is 0. The highest BCUT2D eigenvalue weighted by molar-refractivity contribution is 7.15. The zero-order valence-electron chi connectivity index (χ0n) is 20.2. The van der Waals surface area contributed by atoms with Crippen LogP contribution in [0.2, 0.25) is 0 Å². The van der Waals surface area contributed by atoms with Crippen LogP contribution >= 0.6 is 22.7 Å². The van der Waals surface area contributed by atoms with E-state index < -0.39 is 11.6 Å². The van der Waals surface area contributed by atoms with Crippen molar-refractivity contribution in [2.75, 3.05) is 10.6 Å². The van der Waals surface area contributed by atoms with E-state index in [4.69, 9.17) is 0 Å². The summed E-state index contributed by atoms with van der Waals surface area (Å²) in [5.41, 5.74) is 0.648. The van der Waals surface area contributed by atoms with Crippen LogP contribution in [-0.2, 0) is 22.4 Å². The molecule has 0 aliphatic heterocycles. The summed E-state index contributed by atoms with van der Waals surface area (Å²) < 4.78 is 27.7. The number of hydrogen-bond acceptors (Lipinski definition) is 8. The van der Waals surface area contributed by atoms with Gasteiger partial charge in [-0.3, -0.25) is 9.59 Å². The fraction of sp³-hybridized carbons (Fsp3) is 0.308. The van der Waals surface area contributed by atoms with Crippen LogP contribution in [0.4, 0.5) is 19.0 Å². The van der Waals surface area contributed by atoms with Crippen molar-refractivity contribution in [3.8, 4) is 0 Å². The average Bonchev–Trinajstić information content (AvgIpc) is 3.57. The smallest absolute Gasteiger partial charge is 0.230 e. The van der Waals surface area contributed by atoms with Crippen molar-refractivity contribution in [1.29, 1.82) is 0 Å². The molecule has 2 atom stereocenters. The molecule has 1 fully saturated rings. The predicted octanol–water partition coefficient (Wildman–Crippen LogP) is 5.47. The Kier molecular flexibility index (Phi) is 8.08. The summed E-state index contributed by atoms with van der Waals surface area (Å²) in [4.78, 5) is 24.7. The highest BCUT2D eigenvalue weighted by Crippen LogP contribution is 2.43. The molecule has 4 aromatic rings. The summed E-state index contributed by atoms with van der Waals surface area (Å²) in [6, 6.07) is 12.4. The van der Waals surface area contributed by atoms with Crippen LogP contribution in [0.15, 0.2) is 48.5 Å². The zero-order chi connectivity index (χ0) is 26.5. The highest BCUT2D eigenvalue weighted by Gasteiger charge is 2.29. The summed E-state index contributed by atoms with van der Waals surface area (Å²) >= 11 is 2.65. The first-order chi connectivity index (χ1) is 18.4. The van der Waals surface area contributed by atoms with Crippen LogP contribution in [-0.4, -0.2) is 32.2 Å². The quantitative estimate of drug-likeness (QED) is 0.299. The molecule has 2 amide bonds. The minimum absolute atomic E-state index is 0.0801. The van der Waals surface area contributed by atoms with Crippen molar-refractivity contribution in [2.24, 2.45) is 0 Å². The van der Waals surface area contributed by atoms with Crippen LogP contribution in [0.1, 0.15) is 58.7 Å². The van der Waals surface area contributed by atoms with Gasteiger partial charge in [-0.15, -0.1) is 20.4 Å². The zero-order valence-corrected chi connectivity index (χ0v) is 21.8. The molecule has 2 heterocycles. The lowest BCUT2D eigenvalue weighted by atomic mass is 9.82. The third-order valence-corrected chi connectivity index (χ3v) is 8.37. The van der Waals surface area contributed by atoms with E-state index in [-0.39, 0.29) is 36.5 Å². The largest absolute Gasteiger partial charge is 0.300 e. The number of benzene rings is 2. The van der Waals surface area contributed by atoms with E-state index in [9.17, 15) is 18.4 Å². The molecule has 2 aromatic carbocycles. The topological polar surface area (TPSA) is 110 Å². The first kappa shape index (κ1) is 26.0. The van der Waals surface area contributed by atoms with E-state index >= 15 is 0 Å². The van der Waals surface area contributed by atoms with Gasteiger partial charge in [0, 0.05) is 11.8 Å². The van der Waals surface area contributed by atoms with Crippen molar-refractivity contribution in [3.63, 3.8) is 0 Å². The third kappa shape index (κ3) is 6.43. The lowest BCUT2D eigenvalue weighted by Crippen LogP contribution is -2.15. The standard InChI is InChI=1S/C26H24F2N6O2S2/c27-19-10-3-1-6-15(19)13-21(35)29-25-33-31-23(37-25)17-8-5-9-18(12-17)24-32-34-26(38-24)30-22(36)14-16-7-2-4-11-20(16)28/h1-4,6-7,10-11,17-18H,5,8-9,12-14H2,(H,29,33,35)(H,30,34,36). The van der Waals surface area contributed by atoms with Gasteiger partial charge < -0.3 is 10.6 Å². The van der Waals surface area contributed by atoms with E-state index in [1.54, 1.807) is 36.4 Å². The number of carbonyl (C=O) groups is 2. The molecule has 1 aliphatic carbocycles. The van der Waals surface area contributed by atoms with Crippen molar-refractivity contribution in [2.45, 2.75) is 50.4 Å². The molecule has 1 saturated carbocycles. The summed E-state index contributed by atoms with van der Waals surface area (Å²) in [6.07, 6.45) is 3.50. The number of rotatable bonds is 8. The first-order valence-corrected chi connectivity index (χ1v) is 13.8. The monoisotopic (exact) mass is 554 g/mol. The molecular formula is C26H24F2N6O2S2. The Morgan fingerprint density at radius 2 is 1.18 bits per heavy atom. The number of carbonyl (C=O) groups excluding carboxylic acids is 2.